The Morgan fingerprint density at radius 2 is 2.03 bits per heavy atom. The normalized spacial score (nSPS) is 18.0. The number of carbonyl (C=O) groups excluding carboxylic acids is 1. The van der Waals surface area contributed by atoms with Crippen LogP contribution in [-0.4, -0.2) is 50.4 Å². The van der Waals surface area contributed by atoms with Gasteiger partial charge in [0.25, 0.3) is 10.9 Å². The number of likely N-dealkylation sites (tertiary alicyclic amines) is 1. The number of benzene rings is 1. The van der Waals surface area contributed by atoms with E-state index in [0.717, 1.165) is 12.1 Å². The van der Waals surface area contributed by atoms with E-state index in [-0.39, 0.29) is 32.2 Å². The predicted molar refractivity (Wildman–Crippen MR) is 98.5 cm³/mol. The van der Waals surface area contributed by atoms with Crippen molar-refractivity contribution < 1.29 is 32.4 Å². The molecule has 6 nitrogen and oxygen atoms in total. The molecule has 10 heteroatoms. The number of halogens is 3. The standard InChI is InChI=1S/C19H19F3N2O4S/c20-19(21,22)16-2-1-8-23-18(16)29(27)15-7-9-24(10-15)17(26)12-28-14-5-3-13(11-25)4-6-14/h1-6,8,15,25H,7,9-12H2/t15-,29?/m1/s1. The van der Waals surface area contributed by atoms with Crippen LogP contribution in [0.3, 0.4) is 0 Å². The van der Waals surface area contributed by atoms with Crippen LogP contribution < -0.4 is 4.74 Å². The maximum Gasteiger partial charge on any atom is 0.422 e. The molecule has 1 aromatic heterocycles. The summed E-state index contributed by atoms with van der Waals surface area (Å²) in [6.07, 6.45) is -3.15. The molecular weight excluding hydrogens is 409 g/mol. The lowest BCUT2D eigenvalue weighted by atomic mass is 10.2. The number of hydrogen-bond donors (Lipinski definition) is 1. The molecule has 1 amide bonds. The van der Waals surface area contributed by atoms with Gasteiger partial charge < -0.3 is 19.3 Å². The number of carbonyl (C=O) groups is 1. The number of amides is 1. The van der Waals surface area contributed by atoms with Gasteiger partial charge in [-0.3, -0.25) is 4.79 Å². The van der Waals surface area contributed by atoms with Gasteiger partial charge in [0.2, 0.25) is 0 Å². The molecule has 2 aromatic rings. The molecule has 1 unspecified atom stereocenters. The fraction of sp³-hybridized carbons (Fsp3) is 0.368. The lowest BCUT2D eigenvalue weighted by Crippen LogP contribution is -2.35. The molecule has 2 heterocycles. The maximum absolute atomic E-state index is 13.1. The molecule has 1 aliphatic heterocycles. The van der Waals surface area contributed by atoms with E-state index in [1.165, 1.54) is 11.1 Å². The van der Waals surface area contributed by atoms with Crippen molar-refractivity contribution in [3.8, 4) is 5.75 Å². The van der Waals surface area contributed by atoms with Crippen molar-refractivity contribution in [2.75, 3.05) is 19.7 Å². The Hall–Kier alpha value is -2.30. The summed E-state index contributed by atoms with van der Waals surface area (Å²) < 4.78 is 57.5. The molecule has 0 spiro atoms. The molecule has 0 radical (unpaired) electrons. The zero-order valence-corrected chi connectivity index (χ0v) is 16.1. The van der Waals surface area contributed by atoms with E-state index in [1.54, 1.807) is 24.3 Å². The highest BCUT2D eigenvalue weighted by Gasteiger charge is 2.43. The summed E-state index contributed by atoms with van der Waals surface area (Å²) in [5.41, 5.74) is -0.306. The maximum atomic E-state index is 13.1. The van der Waals surface area contributed by atoms with Crippen LogP contribution >= 0.6 is 0 Å². The number of nitrogens with zero attached hydrogens (tertiary/aromatic N) is 2. The minimum Gasteiger partial charge on any atom is -0.610 e. The van der Waals surface area contributed by atoms with E-state index in [0.29, 0.717) is 17.7 Å². The lowest BCUT2D eigenvalue weighted by molar-refractivity contribution is -0.140. The van der Waals surface area contributed by atoms with E-state index in [2.05, 4.69) is 4.98 Å². The van der Waals surface area contributed by atoms with Crippen molar-refractivity contribution in [3.63, 3.8) is 0 Å². The molecule has 1 saturated heterocycles. The Balaban J connectivity index is 1.58. The van der Waals surface area contributed by atoms with Crippen LogP contribution in [0.15, 0.2) is 47.6 Å². The molecule has 1 aromatic carbocycles. The first-order valence-electron chi connectivity index (χ1n) is 8.82. The van der Waals surface area contributed by atoms with Crippen LogP contribution in [0.5, 0.6) is 5.75 Å². The van der Waals surface area contributed by atoms with Crippen LogP contribution in [-0.2, 0) is 28.8 Å². The number of rotatable bonds is 6. The topological polar surface area (TPSA) is 85.7 Å². The Morgan fingerprint density at radius 3 is 2.69 bits per heavy atom. The highest BCUT2D eigenvalue weighted by atomic mass is 32.2. The SMILES string of the molecule is O=C(COc1ccc(CO)cc1)N1CC[C@@H]([S+]([O-])c2ncccc2C(F)(F)F)C1. The molecule has 3 rings (SSSR count). The van der Waals surface area contributed by atoms with Crippen molar-refractivity contribution in [1.29, 1.82) is 0 Å². The third kappa shape index (κ3) is 5.20. The fourth-order valence-corrected chi connectivity index (χ4v) is 4.50. The summed E-state index contributed by atoms with van der Waals surface area (Å²) in [4.78, 5) is 17.5. The van der Waals surface area contributed by atoms with Crippen molar-refractivity contribution in [3.05, 3.63) is 53.7 Å². The number of alkyl halides is 3. The smallest absolute Gasteiger partial charge is 0.422 e. The second-order valence-corrected chi connectivity index (χ2v) is 8.14. The van der Waals surface area contributed by atoms with E-state index < -0.39 is 33.2 Å². The highest BCUT2D eigenvalue weighted by Crippen LogP contribution is 2.35. The van der Waals surface area contributed by atoms with Gasteiger partial charge in [0.15, 0.2) is 6.61 Å². The highest BCUT2D eigenvalue weighted by molar-refractivity contribution is 7.92. The van der Waals surface area contributed by atoms with Crippen LogP contribution in [0.1, 0.15) is 17.5 Å². The van der Waals surface area contributed by atoms with Crippen LogP contribution in [0.25, 0.3) is 0 Å². The summed E-state index contributed by atoms with van der Waals surface area (Å²) >= 11 is -1.99. The zero-order valence-electron chi connectivity index (χ0n) is 15.3. The summed E-state index contributed by atoms with van der Waals surface area (Å²) in [6.45, 7) is 0.0232. The van der Waals surface area contributed by atoms with E-state index in [4.69, 9.17) is 9.84 Å². The van der Waals surface area contributed by atoms with Crippen LogP contribution in [0, 0.1) is 0 Å². The largest absolute Gasteiger partial charge is 0.610 e. The van der Waals surface area contributed by atoms with Crippen molar-refractivity contribution in [2.24, 2.45) is 0 Å². The number of ether oxygens (including phenoxy) is 1. The Bertz CT molecular complexity index is 848. The molecule has 1 fully saturated rings. The van der Waals surface area contributed by atoms with Gasteiger partial charge in [0, 0.05) is 30.3 Å². The van der Waals surface area contributed by atoms with Gasteiger partial charge in [-0.05, 0) is 29.8 Å². The van der Waals surface area contributed by atoms with E-state index in [9.17, 15) is 22.5 Å². The summed E-state index contributed by atoms with van der Waals surface area (Å²) in [7, 11) is 0. The molecule has 29 heavy (non-hydrogen) atoms. The minimum absolute atomic E-state index is 0.0755. The van der Waals surface area contributed by atoms with Crippen LogP contribution in [0.2, 0.25) is 0 Å². The van der Waals surface area contributed by atoms with Crippen molar-refractivity contribution in [1.82, 2.24) is 9.88 Å². The fourth-order valence-electron chi connectivity index (χ4n) is 2.98. The number of aromatic nitrogens is 1. The van der Waals surface area contributed by atoms with Gasteiger partial charge in [-0.15, -0.1) is 0 Å². The summed E-state index contributed by atoms with van der Waals surface area (Å²) in [6, 6.07) is 8.59. The molecule has 1 N–H and O–H groups in total. The molecular formula is C19H19F3N2O4S. The molecule has 0 aliphatic carbocycles. The van der Waals surface area contributed by atoms with Crippen LogP contribution in [0.4, 0.5) is 13.2 Å². The average molecular weight is 428 g/mol. The van der Waals surface area contributed by atoms with E-state index >= 15 is 0 Å². The van der Waals surface area contributed by atoms with Gasteiger partial charge in [0.05, 0.1) is 13.2 Å². The van der Waals surface area contributed by atoms with Gasteiger partial charge in [0.1, 0.15) is 16.6 Å². The summed E-state index contributed by atoms with van der Waals surface area (Å²) in [5, 5.41) is 7.88. The average Bonchev–Trinajstić information content (AvgIpc) is 3.21. The Labute approximate surface area is 168 Å². The van der Waals surface area contributed by atoms with Gasteiger partial charge >= 0.3 is 6.18 Å². The van der Waals surface area contributed by atoms with E-state index in [1.807, 2.05) is 0 Å². The van der Waals surface area contributed by atoms with Crippen molar-refractivity contribution >= 4 is 17.1 Å². The van der Waals surface area contributed by atoms with Gasteiger partial charge in [-0.25, -0.2) is 4.98 Å². The Kier molecular flexibility index (Phi) is 6.66. The Morgan fingerprint density at radius 1 is 1.31 bits per heavy atom. The quantitative estimate of drug-likeness (QED) is 0.714. The van der Waals surface area contributed by atoms with Gasteiger partial charge in [-0.1, -0.05) is 12.1 Å². The third-order valence-electron chi connectivity index (χ3n) is 4.54. The third-order valence-corrected chi connectivity index (χ3v) is 6.23. The molecule has 2 atom stereocenters. The molecule has 0 bridgehead atoms. The zero-order chi connectivity index (χ0) is 21.0. The predicted octanol–water partition coefficient (Wildman–Crippen LogP) is 2.38. The first-order valence-corrected chi connectivity index (χ1v) is 10.0. The monoisotopic (exact) mass is 428 g/mol. The lowest BCUT2D eigenvalue weighted by Gasteiger charge is -2.20. The molecule has 1 aliphatic rings. The first-order chi connectivity index (χ1) is 13.8. The minimum atomic E-state index is -4.65. The second kappa shape index (κ2) is 9.02. The first kappa shape index (κ1) is 21.4. The second-order valence-electron chi connectivity index (χ2n) is 6.49. The number of aliphatic hydroxyl groups is 1. The number of pyridine rings is 1. The number of aliphatic hydroxyl groups excluding tert-OH is 1. The van der Waals surface area contributed by atoms with Gasteiger partial charge in [-0.2, -0.15) is 13.2 Å². The molecule has 0 saturated carbocycles. The number of hydrogen-bond acceptors (Lipinski definition) is 5. The van der Waals surface area contributed by atoms with Crippen molar-refractivity contribution in [2.45, 2.75) is 29.5 Å². The molecule has 156 valence electrons. The summed E-state index contributed by atoms with van der Waals surface area (Å²) in [5.74, 6) is 0.117.